The number of ether oxygens (including phenoxy) is 3. The Hall–Kier alpha value is -2.13. The van der Waals surface area contributed by atoms with Crippen LogP contribution in [0.3, 0.4) is 0 Å². The molecular formula is C27H39ClFNO5Si. The fourth-order valence-corrected chi connectivity index (χ4v) is 4.97. The average molecular weight is 540 g/mol. The van der Waals surface area contributed by atoms with Gasteiger partial charge in [-0.25, -0.2) is 9.18 Å². The summed E-state index contributed by atoms with van der Waals surface area (Å²) >= 11 is 6.41. The predicted octanol–water partition coefficient (Wildman–Crippen LogP) is 6.67. The minimum atomic E-state index is -2.18. The summed E-state index contributed by atoms with van der Waals surface area (Å²) in [5, 5.41) is 3.62. The van der Waals surface area contributed by atoms with E-state index in [4.69, 9.17) is 30.2 Å². The number of benzene rings is 2. The van der Waals surface area contributed by atoms with Crippen molar-refractivity contribution in [3.05, 3.63) is 58.4 Å². The summed E-state index contributed by atoms with van der Waals surface area (Å²) in [4.78, 5) is 12.4. The van der Waals surface area contributed by atoms with Crippen LogP contribution in [0.1, 0.15) is 51.3 Å². The molecule has 2 aromatic rings. The molecule has 0 aromatic heterocycles. The van der Waals surface area contributed by atoms with Crippen LogP contribution < -0.4 is 14.8 Å². The van der Waals surface area contributed by atoms with Gasteiger partial charge in [-0.15, -0.1) is 0 Å². The Morgan fingerprint density at radius 3 is 2.28 bits per heavy atom. The average Bonchev–Trinajstić information content (AvgIpc) is 2.81. The van der Waals surface area contributed by atoms with E-state index in [1.54, 1.807) is 31.4 Å². The fourth-order valence-electron chi connectivity index (χ4n) is 3.42. The number of rotatable bonds is 12. The number of hydrogen-bond acceptors (Lipinski definition) is 6. The third kappa shape index (κ3) is 8.20. The lowest BCUT2D eigenvalue weighted by molar-refractivity contribution is -0.149. The summed E-state index contributed by atoms with van der Waals surface area (Å²) in [6, 6.07) is 9.69. The summed E-state index contributed by atoms with van der Waals surface area (Å²) in [5.74, 6) is 0.553. The molecule has 2 atom stereocenters. The highest BCUT2D eigenvalue weighted by molar-refractivity contribution is 6.74. The van der Waals surface area contributed by atoms with E-state index < -0.39 is 26.2 Å². The second-order valence-corrected chi connectivity index (χ2v) is 15.4. The Labute approximate surface area is 220 Å². The van der Waals surface area contributed by atoms with E-state index in [9.17, 15) is 9.18 Å². The van der Waals surface area contributed by atoms with Crippen LogP contribution in [0.25, 0.3) is 0 Å². The van der Waals surface area contributed by atoms with Gasteiger partial charge in [-0.3, -0.25) is 0 Å². The summed E-state index contributed by atoms with van der Waals surface area (Å²) < 4.78 is 36.7. The molecule has 0 saturated heterocycles. The van der Waals surface area contributed by atoms with Gasteiger partial charge < -0.3 is 24.0 Å². The zero-order chi connectivity index (χ0) is 27.1. The molecule has 36 heavy (non-hydrogen) atoms. The molecule has 0 radical (unpaired) electrons. The third-order valence-electron chi connectivity index (χ3n) is 6.67. The molecular weight excluding hydrogens is 501 g/mol. The molecule has 2 aromatic carbocycles. The van der Waals surface area contributed by atoms with Crippen LogP contribution in [-0.2, 0) is 20.6 Å². The number of methoxy groups -OCH3 is 2. The van der Waals surface area contributed by atoms with E-state index in [0.717, 1.165) is 5.75 Å². The lowest BCUT2D eigenvalue weighted by atomic mass is 10.0. The van der Waals surface area contributed by atoms with Gasteiger partial charge in [0, 0.05) is 11.6 Å². The molecule has 0 aliphatic carbocycles. The van der Waals surface area contributed by atoms with Crippen LogP contribution in [0.4, 0.5) is 4.39 Å². The molecule has 0 fully saturated rings. The largest absolute Gasteiger partial charge is 0.497 e. The van der Waals surface area contributed by atoms with E-state index in [-0.39, 0.29) is 17.7 Å². The topological polar surface area (TPSA) is 66.0 Å². The molecule has 6 nitrogen and oxygen atoms in total. The maximum Gasteiger partial charge on any atom is 0.333 e. The highest BCUT2D eigenvalue weighted by atomic mass is 35.5. The number of carbonyl (C=O) groups is 1. The first kappa shape index (κ1) is 30.1. The Morgan fingerprint density at radius 1 is 1.11 bits per heavy atom. The van der Waals surface area contributed by atoms with Gasteiger partial charge in [-0.05, 0) is 80.0 Å². The van der Waals surface area contributed by atoms with E-state index >= 15 is 0 Å². The minimum Gasteiger partial charge on any atom is -0.497 e. The van der Waals surface area contributed by atoms with Crippen molar-refractivity contribution in [1.82, 2.24) is 5.32 Å². The van der Waals surface area contributed by atoms with E-state index in [2.05, 4.69) is 39.2 Å². The first-order valence-electron chi connectivity index (χ1n) is 12.0. The first-order valence-corrected chi connectivity index (χ1v) is 15.3. The molecule has 2 rings (SSSR count). The molecule has 9 heteroatoms. The summed E-state index contributed by atoms with van der Waals surface area (Å²) in [7, 11) is 0.783. The van der Waals surface area contributed by atoms with Crippen LogP contribution in [0, 0.1) is 5.82 Å². The van der Waals surface area contributed by atoms with Crippen molar-refractivity contribution in [1.29, 1.82) is 0 Å². The molecule has 0 heterocycles. The van der Waals surface area contributed by atoms with Crippen molar-refractivity contribution in [3.63, 3.8) is 0 Å². The van der Waals surface area contributed by atoms with Gasteiger partial charge in [0.05, 0.1) is 19.2 Å². The van der Waals surface area contributed by atoms with Crippen molar-refractivity contribution in [3.8, 4) is 11.5 Å². The third-order valence-corrected chi connectivity index (χ3v) is 11.5. The van der Waals surface area contributed by atoms with E-state index in [0.29, 0.717) is 34.9 Å². The number of esters is 1. The SMILES string of the molecule is COC(=O)[C@H](CCN[C@@H](C)c1cc(F)cc(Cl)c1COc1ccc(OC)cc1)O[Si](C)(C)C(C)(C)C. The van der Waals surface area contributed by atoms with E-state index in [1.165, 1.54) is 19.2 Å². The quantitative estimate of drug-likeness (QED) is 0.240. The molecule has 0 saturated carbocycles. The van der Waals surface area contributed by atoms with Gasteiger partial charge in [0.15, 0.2) is 8.32 Å². The van der Waals surface area contributed by atoms with Crippen molar-refractivity contribution in [2.75, 3.05) is 20.8 Å². The lowest BCUT2D eigenvalue weighted by Crippen LogP contribution is -2.47. The Morgan fingerprint density at radius 2 is 1.72 bits per heavy atom. The van der Waals surface area contributed by atoms with Crippen LogP contribution in [0.15, 0.2) is 36.4 Å². The summed E-state index contributed by atoms with van der Waals surface area (Å²) in [5.41, 5.74) is 1.38. The molecule has 200 valence electrons. The number of nitrogens with one attached hydrogen (secondary N) is 1. The first-order chi connectivity index (χ1) is 16.8. The molecule has 0 bridgehead atoms. The molecule has 0 spiro atoms. The van der Waals surface area contributed by atoms with Gasteiger partial charge in [-0.2, -0.15) is 0 Å². The second-order valence-electron chi connectivity index (χ2n) is 10.3. The van der Waals surface area contributed by atoms with E-state index in [1.807, 2.05) is 6.92 Å². The van der Waals surface area contributed by atoms with Crippen molar-refractivity contribution >= 4 is 25.9 Å². The molecule has 1 N–H and O–H groups in total. The normalized spacial score (nSPS) is 13.7. The summed E-state index contributed by atoms with van der Waals surface area (Å²) in [6.07, 6.45) is -0.255. The number of halogens is 2. The highest BCUT2D eigenvalue weighted by Crippen LogP contribution is 2.38. The number of hydrogen-bond donors (Lipinski definition) is 1. The predicted molar refractivity (Wildman–Crippen MR) is 144 cm³/mol. The van der Waals surface area contributed by atoms with Crippen molar-refractivity contribution in [2.24, 2.45) is 0 Å². The van der Waals surface area contributed by atoms with Gasteiger partial charge in [0.25, 0.3) is 0 Å². The van der Waals surface area contributed by atoms with Crippen LogP contribution in [-0.4, -0.2) is 41.2 Å². The Bertz CT molecular complexity index is 1010. The molecule has 0 unspecified atom stereocenters. The Kier molecular flexibility index (Phi) is 10.8. The van der Waals surface area contributed by atoms with Crippen LogP contribution >= 0.6 is 11.6 Å². The lowest BCUT2D eigenvalue weighted by Gasteiger charge is -2.38. The second kappa shape index (κ2) is 12.9. The smallest absolute Gasteiger partial charge is 0.333 e. The van der Waals surface area contributed by atoms with Crippen molar-refractivity contribution < 1.29 is 27.8 Å². The number of carbonyl (C=O) groups excluding carboxylic acids is 1. The van der Waals surface area contributed by atoms with Gasteiger partial charge in [-0.1, -0.05) is 32.4 Å². The van der Waals surface area contributed by atoms with Gasteiger partial charge in [0.1, 0.15) is 30.0 Å². The Balaban J connectivity index is 2.11. The zero-order valence-corrected chi connectivity index (χ0v) is 24.3. The fraction of sp³-hybridized carbons (Fsp3) is 0.519. The maximum absolute atomic E-state index is 14.3. The minimum absolute atomic E-state index is 0.0446. The van der Waals surface area contributed by atoms with Crippen LogP contribution in [0.2, 0.25) is 23.2 Å². The van der Waals surface area contributed by atoms with Gasteiger partial charge in [0.2, 0.25) is 0 Å². The van der Waals surface area contributed by atoms with Gasteiger partial charge >= 0.3 is 5.97 Å². The van der Waals surface area contributed by atoms with Crippen molar-refractivity contribution in [2.45, 2.75) is 71.0 Å². The van der Waals surface area contributed by atoms with Crippen LogP contribution in [0.5, 0.6) is 11.5 Å². The molecule has 0 aliphatic rings. The standard InChI is InChI=1S/C27H39ClFNO5Si/c1-18(30-14-13-25(26(31)33-6)35-36(7,8)27(2,3)4)22-15-19(29)16-24(28)23(22)17-34-21-11-9-20(32-5)10-12-21/h9-12,15-16,18,25,30H,13-14,17H2,1-8H3/t18-,25-/m0/s1. The highest BCUT2D eigenvalue weighted by Gasteiger charge is 2.40. The maximum atomic E-state index is 14.3. The molecule has 0 aliphatic heterocycles. The summed E-state index contributed by atoms with van der Waals surface area (Å²) in [6.45, 7) is 13.1. The molecule has 0 amide bonds. The monoisotopic (exact) mass is 539 g/mol. The zero-order valence-electron chi connectivity index (χ0n) is 22.5.